The Kier molecular flexibility index (Phi) is 3.28. The van der Waals surface area contributed by atoms with Crippen molar-refractivity contribution in [2.75, 3.05) is 25.0 Å². The van der Waals surface area contributed by atoms with E-state index in [0.717, 1.165) is 0 Å². The van der Waals surface area contributed by atoms with Gasteiger partial charge in [-0.1, -0.05) is 6.07 Å². The molecule has 1 heterocycles. The quantitative estimate of drug-likeness (QED) is 0.871. The molecule has 1 amide bonds. The van der Waals surface area contributed by atoms with E-state index in [2.05, 4.69) is 5.32 Å². The Morgan fingerprint density at radius 3 is 3.00 bits per heavy atom. The fourth-order valence-electron chi connectivity index (χ4n) is 1.82. The van der Waals surface area contributed by atoms with Crippen molar-refractivity contribution in [2.24, 2.45) is 0 Å². The molecule has 1 aromatic rings. The predicted octanol–water partition coefficient (Wildman–Crippen LogP) is 1.68. The lowest BCUT2D eigenvalue weighted by Crippen LogP contribution is -2.29. The van der Waals surface area contributed by atoms with E-state index in [1.807, 2.05) is 0 Å². The number of amides is 1. The van der Waals surface area contributed by atoms with Crippen LogP contribution in [-0.4, -0.2) is 32.3 Å². The largest absolute Gasteiger partial charge is 0.443 e. The number of rotatable bonds is 3. The lowest BCUT2D eigenvalue weighted by Gasteiger charge is -2.13. The number of cyclic esters (lactones) is 1. The second-order valence-electron chi connectivity index (χ2n) is 4.11. The smallest absolute Gasteiger partial charge is 0.414 e. The van der Waals surface area contributed by atoms with Crippen LogP contribution in [-0.2, 0) is 4.74 Å². The van der Waals surface area contributed by atoms with Gasteiger partial charge in [0.2, 0.25) is 0 Å². The molecule has 0 bridgehead atoms. The fourth-order valence-corrected chi connectivity index (χ4v) is 1.82. The minimum Gasteiger partial charge on any atom is -0.443 e. The predicted molar refractivity (Wildman–Crippen MR) is 62.7 cm³/mol. The van der Waals surface area contributed by atoms with E-state index in [1.165, 1.54) is 11.0 Å². The van der Waals surface area contributed by atoms with Crippen LogP contribution in [0.15, 0.2) is 18.2 Å². The van der Waals surface area contributed by atoms with Crippen molar-refractivity contribution in [1.82, 2.24) is 5.32 Å². The van der Waals surface area contributed by atoms with E-state index in [1.54, 1.807) is 26.1 Å². The first-order chi connectivity index (χ1) is 8.11. The van der Waals surface area contributed by atoms with Crippen molar-refractivity contribution in [3.63, 3.8) is 0 Å². The van der Waals surface area contributed by atoms with Crippen molar-refractivity contribution in [1.29, 1.82) is 0 Å². The maximum atomic E-state index is 13.4. The SMILES string of the molecule is CNC[C@H]1CN(c2ccc(C)c(F)c2)C(=O)O1. The summed E-state index contributed by atoms with van der Waals surface area (Å²) in [5.74, 6) is -0.313. The number of carbonyl (C=O) groups excluding carboxylic acids is 1. The zero-order valence-corrected chi connectivity index (χ0v) is 9.87. The van der Waals surface area contributed by atoms with Crippen molar-refractivity contribution >= 4 is 11.8 Å². The summed E-state index contributed by atoms with van der Waals surface area (Å²) in [6.07, 6.45) is -0.606. The Labute approximate surface area is 99.4 Å². The van der Waals surface area contributed by atoms with Gasteiger partial charge in [0.05, 0.1) is 12.2 Å². The number of hydrogen-bond donors (Lipinski definition) is 1. The molecule has 1 aliphatic rings. The summed E-state index contributed by atoms with van der Waals surface area (Å²) in [6.45, 7) is 2.73. The standard InChI is InChI=1S/C12H15FN2O2/c1-8-3-4-9(5-11(8)13)15-7-10(6-14-2)17-12(15)16/h3-5,10,14H,6-7H2,1-2H3/t10-/m0/s1. The molecule has 0 spiro atoms. The van der Waals surface area contributed by atoms with Crippen molar-refractivity contribution in [3.05, 3.63) is 29.6 Å². The zero-order valence-electron chi connectivity index (χ0n) is 9.87. The topological polar surface area (TPSA) is 41.6 Å². The van der Waals surface area contributed by atoms with E-state index < -0.39 is 6.09 Å². The van der Waals surface area contributed by atoms with Crippen molar-refractivity contribution in [3.8, 4) is 0 Å². The third-order valence-electron chi connectivity index (χ3n) is 2.77. The third kappa shape index (κ3) is 2.39. The number of hydrogen-bond acceptors (Lipinski definition) is 3. The van der Waals surface area contributed by atoms with Crippen molar-refractivity contribution in [2.45, 2.75) is 13.0 Å². The molecule has 0 unspecified atom stereocenters. The number of ether oxygens (including phenoxy) is 1. The summed E-state index contributed by atoms with van der Waals surface area (Å²) >= 11 is 0. The zero-order chi connectivity index (χ0) is 12.4. The highest BCUT2D eigenvalue weighted by molar-refractivity contribution is 5.89. The Morgan fingerprint density at radius 2 is 2.35 bits per heavy atom. The minimum atomic E-state index is -0.423. The molecule has 0 radical (unpaired) electrons. The molecular weight excluding hydrogens is 223 g/mol. The highest BCUT2D eigenvalue weighted by Crippen LogP contribution is 2.23. The minimum absolute atomic E-state index is 0.183. The molecule has 0 aromatic heterocycles. The van der Waals surface area contributed by atoms with Crippen LogP contribution in [0.2, 0.25) is 0 Å². The number of aryl methyl sites for hydroxylation is 1. The van der Waals surface area contributed by atoms with Gasteiger partial charge in [-0.15, -0.1) is 0 Å². The second kappa shape index (κ2) is 4.71. The maximum Gasteiger partial charge on any atom is 0.414 e. The van der Waals surface area contributed by atoms with Crippen molar-refractivity contribution < 1.29 is 13.9 Å². The molecule has 1 aromatic carbocycles. The van der Waals surface area contributed by atoms with Gasteiger partial charge in [-0.3, -0.25) is 4.90 Å². The molecule has 17 heavy (non-hydrogen) atoms. The highest BCUT2D eigenvalue weighted by Gasteiger charge is 2.31. The Bertz CT molecular complexity index is 437. The summed E-state index contributed by atoms with van der Waals surface area (Å²) < 4.78 is 18.6. The van der Waals surface area contributed by atoms with Crippen LogP contribution in [0, 0.1) is 12.7 Å². The summed E-state index contributed by atoms with van der Waals surface area (Å²) in [4.78, 5) is 13.1. The number of carbonyl (C=O) groups is 1. The average Bonchev–Trinajstić information content (AvgIpc) is 2.64. The number of nitrogens with one attached hydrogen (secondary N) is 1. The number of benzene rings is 1. The van der Waals surface area contributed by atoms with E-state index in [9.17, 15) is 9.18 Å². The molecule has 1 N–H and O–H groups in total. The lowest BCUT2D eigenvalue weighted by molar-refractivity contribution is 0.141. The Balaban J connectivity index is 2.17. The molecule has 0 saturated carbocycles. The molecule has 0 aliphatic carbocycles. The van der Waals surface area contributed by atoms with Gasteiger partial charge in [-0.05, 0) is 31.7 Å². The first-order valence-electron chi connectivity index (χ1n) is 5.50. The molecule has 92 valence electrons. The molecule has 4 nitrogen and oxygen atoms in total. The van der Waals surface area contributed by atoms with Crippen LogP contribution in [0.3, 0.4) is 0 Å². The summed E-state index contributed by atoms with van der Waals surface area (Å²) in [6, 6.07) is 4.74. The molecule has 2 rings (SSSR count). The van der Waals surface area contributed by atoms with E-state index >= 15 is 0 Å². The maximum absolute atomic E-state index is 13.4. The van der Waals surface area contributed by atoms with E-state index in [4.69, 9.17) is 4.74 Å². The van der Waals surface area contributed by atoms with Crippen LogP contribution in [0.5, 0.6) is 0 Å². The summed E-state index contributed by atoms with van der Waals surface area (Å²) in [5, 5.41) is 2.94. The number of likely N-dealkylation sites (N-methyl/N-ethyl adjacent to an activating group) is 1. The van der Waals surface area contributed by atoms with Crippen LogP contribution >= 0.6 is 0 Å². The average molecular weight is 238 g/mol. The molecule has 1 fully saturated rings. The van der Waals surface area contributed by atoms with Crippen LogP contribution in [0.1, 0.15) is 5.56 Å². The Morgan fingerprint density at radius 1 is 1.59 bits per heavy atom. The fraction of sp³-hybridized carbons (Fsp3) is 0.417. The lowest BCUT2D eigenvalue weighted by atomic mass is 10.2. The third-order valence-corrected chi connectivity index (χ3v) is 2.77. The van der Waals surface area contributed by atoms with Gasteiger partial charge >= 0.3 is 6.09 Å². The molecule has 1 aliphatic heterocycles. The molecule has 1 atom stereocenters. The van der Waals surface area contributed by atoms with Crippen LogP contribution in [0.4, 0.5) is 14.9 Å². The van der Waals surface area contributed by atoms with Crippen LogP contribution < -0.4 is 10.2 Å². The number of halogens is 1. The first kappa shape index (κ1) is 11.9. The summed E-state index contributed by atoms with van der Waals surface area (Å²) in [5.41, 5.74) is 1.10. The van der Waals surface area contributed by atoms with Gasteiger partial charge in [0, 0.05) is 6.54 Å². The van der Waals surface area contributed by atoms with Gasteiger partial charge in [-0.2, -0.15) is 0 Å². The van der Waals surface area contributed by atoms with Crippen LogP contribution in [0.25, 0.3) is 0 Å². The first-order valence-corrected chi connectivity index (χ1v) is 5.50. The van der Waals surface area contributed by atoms with Gasteiger partial charge in [0.25, 0.3) is 0 Å². The van der Waals surface area contributed by atoms with Gasteiger partial charge < -0.3 is 10.1 Å². The second-order valence-corrected chi connectivity index (χ2v) is 4.11. The normalized spacial score (nSPS) is 19.6. The van der Waals surface area contributed by atoms with E-state index in [0.29, 0.717) is 24.3 Å². The summed E-state index contributed by atoms with van der Waals surface area (Å²) in [7, 11) is 1.79. The van der Waals surface area contributed by atoms with Gasteiger partial charge in [-0.25, -0.2) is 9.18 Å². The molecule has 5 heteroatoms. The number of nitrogens with zero attached hydrogens (tertiary/aromatic N) is 1. The molecular formula is C12H15FN2O2. The van der Waals surface area contributed by atoms with Gasteiger partial charge in [0.1, 0.15) is 11.9 Å². The van der Waals surface area contributed by atoms with Gasteiger partial charge in [0.15, 0.2) is 0 Å². The van der Waals surface area contributed by atoms with E-state index in [-0.39, 0.29) is 11.9 Å². The number of anilines is 1. The molecule has 1 saturated heterocycles. The monoisotopic (exact) mass is 238 g/mol. The highest BCUT2D eigenvalue weighted by atomic mass is 19.1. The Hall–Kier alpha value is -1.62.